The van der Waals surface area contributed by atoms with Gasteiger partial charge in [0.15, 0.2) is 11.5 Å². The summed E-state index contributed by atoms with van der Waals surface area (Å²) in [5.74, 6) is 1.90. The van der Waals surface area contributed by atoms with Crippen LogP contribution in [0, 0.1) is 0 Å². The molecule has 0 radical (unpaired) electrons. The normalized spacial score (nSPS) is 10.6. The van der Waals surface area contributed by atoms with Crippen LogP contribution in [0.4, 0.5) is 0 Å². The second-order valence-corrected chi connectivity index (χ2v) is 4.69. The van der Waals surface area contributed by atoms with Gasteiger partial charge in [-0.15, -0.1) is 0 Å². The molecule has 0 fully saturated rings. The number of hydrogen-bond acceptors (Lipinski definition) is 3. The first-order valence-corrected chi connectivity index (χ1v) is 6.64. The Balaban J connectivity index is 2.16. The van der Waals surface area contributed by atoms with Crippen LogP contribution in [0.25, 0.3) is 22.0 Å². The van der Waals surface area contributed by atoms with Crippen molar-refractivity contribution in [3.05, 3.63) is 42.6 Å². The van der Waals surface area contributed by atoms with E-state index in [1.165, 1.54) is 5.39 Å². The summed E-state index contributed by atoms with van der Waals surface area (Å²) in [6.45, 7) is 0. The van der Waals surface area contributed by atoms with E-state index in [-0.39, 0.29) is 0 Å². The minimum absolute atomic E-state index is 0.602. The van der Waals surface area contributed by atoms with Gasteiger partial charge in [0.25, 0.3) is 0 Å². The first kappa shape index (κ1) is 13.4. The van der Waals surface area contributed by atoms with E-state index in [9.17, 15) is 0 Å². The van der Waals surface area contributed by atoms with Crippen LogP contribution < -0.4 is 14.2 Å². The first-order chi connectivity index (χ1) is 10.3. The zero-order valence-corrected chi connectivity index (χ0v) is 12.3. The fraction of sp³-hybridized carbons (Fsp3) is 0.176. The van der Waals surface area contributed by atoms with E-state index >= 15 is 0 Å². The highest BCUT2D eigenvalue weighted by Gasteiger charge is 2.14. The number of nitrogens with one attached hydrogen (secondary N) is 1. The standard InChI is InChI=1S/C17H17NO3/c1-19-15-9-13(10-16(20-2)17(15)21-3)12-5-4-11-6-7-18-14(11)8-12/h4-10,18H,1-3H3. The molecule has 2 aromatic carbocycles. The molecule has 0 saturated heterocycles. The van der Waals surface area contributed by atoms with Gasteiger partial charge in [0, 0.05) is 11.7 Å². The number of benzene rings is 2. The van der Waals surface area contributed by atoms with Crippen LogP contribution in [0.5, 0.6) is 17.2 Å². The summed E-state index contributed by atoms with van der Waals surface area (Å²) in [7, 11) is 4.84. The Morgan fingerprint density at radius 3 is 2.10 bits per heavy atom. The Labute approximate surface area is 123 Å². The third kappa shape index (κ3) is 2.29. The molecule has 0 saturated carbocycles. The second kappa shape index (κ2) is 5.40. The highest BCUT2D eigenvalue weighted by atomic mass is 16.5. The van der Waals surface area contributed by atoms with Crippen molar-refractivity contribution in [2.75, 3.05) is 21.3 Å². The molecule has 4 heteroatoms. The summed E-state index contributed by atoms with van der Waals surface area (Å²) >= 11 is 0. The number of hydrogen-bond donors (Lipinski definition) is 1. The maximum Gasteiger partial charge on any atom is 0.203 e. The molecule has 0 aliphatic heterocycles. The second-order valence-electron chi connectivity index (χ2n) is 4.69. The molecule has 0 unspecified atom stereocenters. The number of H-pyrrole nitrogens is 1. The minimum atomic E-state index is 0.602. The topological polar surface area (TPSA) is 43.5 Å². The average Bonchev–Trinajstić information content (AvgIpc) is 3.00. The number of fused-ring (bicyclic) bond motifs is 1. The van der Waals surface area contributed by atoms with Crippen LogP contribution in [0.2, 0.25) is 0 Å². The third-order valence-corrected chi connectivity index (χ3v) is 3.55. The largest absolute Gasteiger partial charge is 0.493 e. The number of aromatic amines is 1. The lowest BCUT2D eigenvalue weighted by Crippen LogP contribution is -1.95. The molecule has 1 N–H and O–H groups in total. The van der Waals surface area contributed by atoms with Crippen molar-refractivity contribution < 1.29 is 14.2 Å². The van der Waals surface area contributed by atoms with Crippen molar-refractivity contribution in [1.82, 2.24) is 4.98 Å². The Hall–Kier alpha value is -2.62. The fourth-order valence-electron chi connectivity index (χ4n) is 2.48. The molecule has 0 aliphatic rings. The highest BCUT2D eigenvalue weighted by molar-refractivity contribution is 5.85. The predicted molar refractivity (Wildman–Crippen MR) is 83.4 cm³/mol. The Morgan fingerprint density at radius 2 is 1.48 bits per heavy atom. The number of methoxy groups -OCH3 is 3. The first-order valence-electron chi connectivity index (χ1n) is 6.64. The molecule has 3 rings (SSSR count). The molecule has 1 heterocycles. The maximum absolute atomic E-state index is 5.40. The quantitative estimate of drug-likeness (QED) is 0.790. The van der Waals surface area contributed by atoms with Gasteiger partial charge in [-0.25, -0.2) is 0 Å². The van der Waals surface area contributed by atoms with E-state index in [1.54, 1.807) is 21.3 Å². The molecule has 0 atom stereocenters. The third-order valence-electron chi connectivity index (χ3n) is 3.55. The molecule has 21 heavy (non-hydrogen) atoms. The summed E-state index contributed by atoms with van der Waals surface area (Å²) in [6, 6.07) is 12.2. The summed E-state index contributed by atoms with van der Waals surface area (Å²) in [5, 5.41) is 1.19. The van der Waals surface area contributed by atoms with Gasteiger partial charge in [-0.1, -0.05) is 12.1 Å². The molecule has 0 amide bonds. The van der Waals surface area contributed by atoms with Gasteiger partial charge in [-0.3, -0.25) is 0 Å². The van der Waals surface area contributed by atoms with E-state index < -0.39 is 0 Å². The summed E-state index contributed by atoms with van der Waals surface area (Å²) in [5.41, 5.74) is 3.20. The minimum Gasteiger partial charge on any atom is -0.493 e. The average molecular weight is 283 g/mol. The van der Waals surface area contributed by atoms with Crippen LogP contribution in [0.15, 0.2) is 42.6 Å². The van der Waals surface area contributed by atoms with Crippen molar-refractivity contribution in [3.63, 3.8) is 0 Å². The van der Waals surface area contributed by atoms with Crippen molar-refractivity contribution >= 4 is 10.9 Å². The highest BCUT2D eigenvalue weighted by Crippen LogP contribution is 2.41. The monoisotopic (exact) mass is 283 g/mol. The van der Waals surface area contributed by atoms with Crippen LogP contribution in [0.1, 0.15) is 0 Å². The van der Waals surface area contributed by atoms with Crippen LogP contribution in [-0.2, 0) is 0 Å². The van der Waals surface area contributed by atoms with Gasteiger partial charge in [0.2, 0.25) is 5.75 Å². The summed E-state index contributed by atoms with van der Waals surface area (Å²) < 4.78 is 16.2. The number of rotatable bonds is 4. The molecule has 4 nitrogen and oxygen atoms in total. The number of aromatic nitrogens is 1. The summed E-state index contributed by atoms with van der Waals surface area (Å²) in [4.78, 5) is 3.22. The molecule has 108 valence electrons. The van der Waals surface area contributed by atoms with Gasteiger partial charge in [0.05, 0.1) is 21.3 Å². The zero-order chi connectivity index (χ0) is 14.8. The molecular weight excluding hydrogens is 266 g/mol. The van der Waals surface area contributed by atoms with Gasteiger partial charge < -0.3 is 19.2 Å². The fourth-order valence-corrected chi connectivity index (χ4v) is 2.48. The number of ether oxygens (including phenoxy) is 3. The molecule has 0 spiro atoms. The lowest BCUT2D eigenvalue weighted by atomic mass is 10.0. The van der Waals surface area contributed by atoms with Gasteiger partial charge in [-0.05, 0) is 40.8 Å². The van der Waals surface area contributed by atoms with Gasteiger partial charge in [0.1, 0.15) is 0 Å². The van der Waals surface area contributed by atoms with E-state index in [0.717, 1.165) is 16.6 Å². The molecule has 3 aromatic rings. The van der Waals surface area contributed by atoms with E-state index in [1.807, 2.05) is 24.4 Å². The van der Waals surface area contributed by atoms with E-state index in [2.05, 4.69) is 23.2 Å². The smallest absolute Gasteiger partial charge is 0.203 e. The van der Waals surface area contributed by atoms with Crippen LogP contribution >= 0.6 is 0 Å². The van der Waals surface area contributed by atoms with Crippen molar-refractivity contribution in [3.8, 4) is 28.4 Å². The molecule has 0 bridgehead atoms. The van der Waals surface area contributed by atoms with Gasteiger partial charge >= 0.3 is 0 Å². The lowest BCUT2D eigenvalue weighted by molar-refractivity contribution is 0.324. The van der Waals surface area contributed by atoms with Crippen molar-refractivity contribution in [1.29, 1.82) is 0 Å². The van der Waals surface area contributed by atoms with Gasteiger partial charge in [-0.2, -0.15) is 0 Å². The van der Waals surface area contributed by atoms with Crippen LogP contribution in [-0.4, -0.2) is 26.3 Å². The van der Waals surface area contributed by atoms with Crippen molar-refractivity contribution in [2.45, 2.75) is 0 Å². The SMILES string of the molecule is COc1cc(-c2ccc3cc[nH]c3c2)cc(OC)c1OC. The Morgan fingerprint density at radius 1 is 0.762 bits per heavy atom. The van der Waals surface area contributed by atoms with E-state index in [4.69, 9.17) is 14.2 Å². The zero-order valence-electron chi connectivity index (χ0n) is 12.3. The molecule has 1 aromatic heterocycles. The van der Waals surface area contributed by atoms with E-state index in [0.29, 0.717) is 17.2 Å². The van der Waals surface area contributed by atoms with Crippen molar-refractivity contribution in [2.24, 2.45) is 0 Å². The molecule has 0 aliphatic carbocycles. The Kier molecular flexibility index (Phi) is 3.44. The molecular formula is C17H17NO3. The lowest BCUT2D eigenvalue weighted by Gasteiger charge is -2.14. The Bertz CT molecular complexity index is 752. The summed E-state index contributed by atoms with van der Waals surface area (Å²) in [6.07, 6.45) is 1.93. The maximum atomic E-state index is 5.40. The predicted octanol–water partition coefficient (Wildman–Crippen LogP) is 3.86. The van der Waals surface area contributed by atoms with Crippen LogP contribution in [0.3, 0.4) is 0 Å².